The quantitative estimate of drug-likeness (QED) is 0.863. The third-order valence-electron chi connectivity index (χ3n) is 4.11. The van der Waals surface area contributed by atoms with Gasteiger partial charge in [-0.2, -0.15) is 11.3 Å². The van der Waals surface area contributed by atoms with Crippen LogP contribution in [0.25, 0.3) is 6.08 Å². The van der Waals surface area contributed by atoms with Crippen LogP contribution in [0, 0.1) is 0 Å². The van der Waals surface area contributed by atoms with Crippen molar-refractivity contribution >= 4 is 34.9 Å². The second-order valence-electron chi connectivity index (χ2n) is 5.78. The summed E-state index contributed by atoms with van der Waals surface area (Å²) in [5.41, 5.74) is 4.15. The number of benzene rings is 1. The van der Waals surface area contributed by atoms with Gasteiger partial charge in [0.2, 0.25) is 11.8 Å². The van der Waals surface area contributed by atoms with Gasteiger partial charge in [-0.15, -0.1) is 0 Å². The SMILES string of the molecule is CCC(=O)N1CCc2ccc(NC(=O)/C=C/c3ccsc3)cc2C1. The molecule has 1 aromatic carbocycles. The van der Waals surface area contributed by atoms with Gasteiger partial charge < -0.3 is 10.2 Å². The smallest absolute Gasteiger partial charge is 0.248 e. The summed E-state index contributed by atoms with van der Waals surface area (Å²) in [6.45, 7) is 3.28. The van der Waals surface area contributed by atoms with Crippen molar-refractivity contribution in [1.29, 1.82) is 0 Å². The number of nitrogens with zero attached hydrogens (tertiary/aromatic N) is 1. The summed E-state index contributed by atoms with van der Waals surface area (Å²) < 4.78 is 0. The number of nitrogens with one attached hydrogen (secondary N) is 1. The Morgan fingerprint density at radius 2 is 2.17 bits per heavy atom. The number of carbonyl (C=O) groups excluding carboxylic acids is 2. The summed E-state index contributed by atoms with van der Waals surface area (Å²) in [4.78, 5) is 25.8. The molecule has 0 saturated heterocycles. The Balaban J connectivity index is 1.67. The molecule has 24 heavy (non-hydrogen) atoms. The van der Waals surface area contributed by atoms with E-state index in [0.717, 1.165) is 29.8 Å². The molecule has 0 radical (unpaired) electrons. The van der Waals surface area contributed by atoms with Gasteiger partial charge in [0, 0.05) is 31.3 Å². The van der Waals surface area contributed by atoms with Crippen LogP contribution in [0.1, 0.15) is 30.0 Å². The number of thiophene rings is 1. The highest BCUT2D eigenvalue weighted by Crippen LogP contribution is 2.23. The van der Waals surface area contributed by atoms with E-state index in [-0.39, 0.29) is 11.8 Å². The Hall–Kier alpha value is -2.40. The van der Waals surface area contributed by atoms with Gasteiger partial charge in [0.15, 0.2) is 0 Å². The highest BCUT2D eigenvalue weighted by molar-refractivity contribution is 7.08. The summed E-state index contributed by atoms with van der Waals surface area (Å²) >= 11 is 1.60. The van der Waals surface area contributed by atoms with Crippen LogP contribution in [-0.2, 0) is 22.6 Å². The van der Waals surface area contributed by atoms with E-state index in [1.807, 2.05) is 46.8 Å². The molecular weight excluding hydrogens is 320 g/mol. The average molecular weight is 340 g/mol. The number of carbonyl (C=O) groups is 2. The zero-order chi connectivity index (χ0) is 16.9. The standard InChI is InChI=1S/C19H20N2O2S/c1-2-19(23)21-9-7-15-4-5-17(11-16(15)12-21)20-18(22)6-3-14-8-10-24-13-14/h3-6,8,10-11,13H,2,7,9,12H2,1H3,(H,20,22)/b6-3+. The maximum Gasteiger partial charge on any atom is 0.248 e. The van der Waals surface area contributed by atoms with Crippen molar-refractivity contribution in [1.82, 2.24) is 4.90 Å². The first-order valence-corrected chi connectivity index (χ1v) is 9.01. The molecular formula is C19H20N2O2S. The second kappa shape index (κ2) is 7.45. The predicted octanol–water partition coefficient (Wildman–Crippen LogP) is 3.69. The third kappa shape index (κ3) is 3.92. The lowest BCUT2D eigenvalue weighted by atomic mass is 9.99. The zero-order valence-corrected chi connectivity index (χ0v) is 14.4. The first kappa shape index (κ1) is 16.5. The number of rotatable bonds is 4. The monoisotopic (exact) mass is 340 g/mol. The molecule has 0 bridgehead atoms. The molecule has 1 aromatic heterocycles. The highest BCUT2D eigenvalue weighted by atomic mass is 32.1. The van der Waals surface area contributed by atoms with E-state index in [1.165, 1.54) is 11.6 Å². The molecule has 1 N–H and O–H groups in total. The van der Waals surface area contributed by atoms with Crippen molar-refractivity contribution in [2.24, 2.45) is 0 Å². The average Bonchev–Trinajstić information content (AvgIpc) is 3.12. The van der Waals surface area contributed by atoms with Gasteiger partial charge in [-0.1, -0.05) is 13.0 Å². The maximum absolute atomic E-state index is 12.0. The van der Waals surface area contributed by atoms with Gasteiger partial charge in [-0.05, 0) is 58.1 Å². The van der Waals surface area contributed by atoms with Crippen molar-refractivity contribution in [2.75, 3.05) is 11.9 Å². The number of hydrogen-bond donors (Lipinski definition) is 1. The molecule has 0 saturated carbocycles. The van der Waals surface area contributed by atoms with E-state index in [9.17, 15) is 9.59 Å². The predicted molar refractivity (Wildman–Crippen MR) is 97.8 cm³/mol. The van der Waals surface area contributed by atoms with Gasteiger partial charge >= 0.3 is 0 Å². The Kier molecular flexibility index (Phi) is 5.11. The summed E-state index contributed by atoms with van der Waals surface area (Å²) in [5.74, 6) is 0.0206. The van der Waals surface area contributed by atoms with Crippen LogP contribution in [0.4, 0.5) is 5.69 Å². The summed E-state index contributed by atoms with van der Waals surface area (Å²) in [6.07, 6.45) is 4.73. The Morgan fingerprint density at radius 1 is 1.29 bits per heavy atom. The second-order valence-corrected chi connectivity index (χ2v) is 6.56. The van der Waals surface area contributed by atoms with E-state index >= 15 is 0 Å². The maximum atomic E-state index is 12.0. The number of anilines is 1. The van der Waals surface area contributed by atoms with E-state index < -0.39 is 0 Å². The number of fused-ring (bicyclic) bond motifs is 1. The van der Waals surface area contributed by atoms with Gasteiger partial charge in [-0.3, -0.25) is 9.59 Å². The van der Waals surface area contributed by atoms with Crippen LogP contribution >= 0.6 is 11.3 Å². The number of amides is 2. The lowest BCUT2D eigenvalue weighted by Crippen LogP contribution is -2.35. The highest BCUT2D eigenvalue weighted by Gasteiger charge is 2.19. The molecule has 2 heterocycles. The summed E-state index contributed by atoms with van der Waals surface area (Å²) in [7, 11) is 0. The summed E-state index contributed by atoms with van der Waals surface area (Å²) in [6, 6.07) is 7.90. The van der Waals surface area contributed by atoms with E-state index in [0.29, 0.717) is 13.0 Å². The molecule has 3 rings (SSSR count). The topological polar surface area (TPSA) is 49.4 Å². The van der Waals surface area contributed by atoms with Gasteiger partial charge in [0.1, 0.15) is 0 Å². The Bertz CT molecular complexity index is 766. The molecule has 124 valence electrons. The molecule has 0 spiro atoms. The number of hydrogen-bond acceptors (Lipinski definition) is 3. The minimum atomic E-state index is -0.154. The van der Waals surface area contributed by atoms with E-state index in [4.69, 9.17) is 0 Å². The minimum absolute atomic E-state index is 0.154. The Labute approximate surface area is 145 Å². The fraction of sp³-hybridized carbons (Fsp3) is 0.263. The zero-order valence-electron chi connectivity index (χ0n) is 13.6. The molecule has 1 aliphatic heterocycles. The van der Waals surface area contributed by atoms with Crippen molar-refractivity contribution in [3.63, 3.8) is 0 Å². The minimum Gasteiger partial charge on any atom is -0.338 e. The largest absolute Gasteiger partial charge is 0.338 e. The van der Waals surface area contributed by atoms with Crippen molar-refractivity contribution in [3.8, 4) is 0 Å². The fourth-order valence-corrected chi connectivity index (χ4v) is 3.43. The molecule has 1 aliphatic rings. The fourth-order valence-electron chi connectivity index (χ4n) is 2.80. The molecule has 2 aromatic rings. The lowest BCUT2D eigenvalue weighted by Gasteiger charge is -2.29. The van der Waals surface area contributed by atoms with Gasteiger partial charge in [-0.25, -0.2) is 0 Å². The molecule has 0 unspecified atom stereocenters. The van der Waals surface area contributed by atoms with Crippen LogP contribution in [0.3, 0.4) is 0 Å². The van der Waals surface area contributed by atoms with Crippen molar-refractivity contribution < 1.29 is 9.59 Å². The van der Waals surface area contributed by atoms with Gasteiger partial charge in [0.25, 0.3) is 0 Å². The molecule has 5 heteroatoms. The molecule has 4 nitrogen and oxygen atoms in total. The molecule has 0 fully saturated rings. The van der Waals surface area contributed by atoms with Crippen LogP contribution in [0.2, 0.25) is 0 Å². The van der Waals surface area contributed by atoms with Crippen LogP contribution < -0.4 is 5.32 Å². The molecule has 0 aliphatic carbocycles. The first-order valence-electron chi connectivity index (χ1n) is 8.06. The van der Waals surface area contributed by atoms with Gasteiger partial charge in [0.05, 0.1) is 0 Å². The Morgan fingerprint density at radius 3 is 2.92 bits per heavy atom. The summed E-state index contributed by atoms with van der Waals surface area (Å²) in [5, 5.41) is 6.85. The lowest BCUT2D eigenvalue weighted by molar-refractivity contribution is -0.131. The van der Waals surface area contributed by atoms with Crippen molar-refractivity contribution in [2.45, 2.75) is 26.3 Å². The first-order chi connectivity index (χ1) is 11.7. The molecule has 2 amide bonds. The van der Waals surface area contributed by atoms with Crippen LogP contribution in [0.5, 0.6) is 0 Å². The van der Waals surface area contributed by atoms with E-state index in [2.05, 4.69) is 5.32 Å². The third-order valence-corrected chi connectivity index (χ3v) is 4.81. The van der Waals surface area contributed by atoms with Crippen LogP contribution in [0.15, 0.2) is 41.1 Å². The van der Waals surface area contributed by atoms with E-state index in [1.54, 1.807) is 17.4 Å². The normalized spacial score (nSPS) is 13.8. The molecule has 0 atom stereocenters. The van der Waals surface area contributed by atoms with Crippen molar-refractivity contribution in [3.05, 3.63) is 57.8 Å². The van der Waals surface area contributed by atoms with Crippen LogP contribution in [-0.4, -0.2) is 23.3 Å².